The smallest absolute Gasteiger partial charge is 0.325 e. The standard InChI is InChI=1S/C25H33N5O2/c1-28(2)25(20-7-4-3-5-8-20)13-11-23(12-14-25)17-29(21-15-26-19-27-16-21)22(31)30(23)18-24(32)9-6-10-24/h3-5,7-8,15-16,19,32H,6,9-14,17-18H2,1-2H3. The van der Waals surface area contributed by atoms with Crippen molar-refractivity contribution in [3.63, 3.8) is 0 Å². The Morgan fingerprint density at radius 2 is 1.66 bits per heavy atom. The summed E-state index contributed by atoms with van der Waals surface area (Å²) in [6.45, 7) is 1.03. The maximum absolute atomic E-state index is 13.6. The van der Waals surface area contributed by atoms with E-state index in [1.54, 1.807) is 12.4 Å². The summed E-state index contributed by atoms with van der Waals surface area (Å²) in [6, 6.07) is 10.7. The number of hydrogen-bond donors (Lipinski definition) is 1. The van der Waals surface area contributed by atoms with Gasteiger partial charge >= 0.3 is 6.03 Å². The quantitative estimate of drug-likeness (QED) is 0.779. The van der Waals surface area contributed by atoms with Gasteiger partial charge in [-0.3, -0.25) is 9.80 Å². The van der Waals surface area contributed by atoms with Crippen molar-refractivity contribution in [2.24, 2.45) is 0 Å². The summed E-state index contributed by atoms with van der Waals surface area (Å²) in [4.78, 5) is 28.0. The summed E-state index contributed by atoms with van der Waals surface area (Å²) in [5, 5.41) is 11.0. The number of urea groups is 1. The van der Waals surface area contributed by atoms with E-state index in [0.29, 0.717) is 13.1 Å². The number of aromatic nitrogens is 2. The molecule has 2 heterocycles. The fourth-order valence-corrected chi connectivity index (χ4v) is 6.00. The van der Waals surface area contributed by atoms with Crippen LogP contribution >= 0.6 is 0 Å². The molecule has 0 bridgehead atoms. The Morgan fingerprint density at radius 1 is 1.00 bits per heavy atom. The molecular formula is C25H33N5O2. The lowest BCUT2D eigenvalue weighted by Gasteiger charge is -2.52. The number of rotatable bonds is 5. The zero-order chi connectivity index (χ0) is 22.4. The first-order chi connectivity index (χ1) is 15.4. The van der Waals surface area contributed by atoms with Crippen LogP contribution in [-0.4, -0.2) is 69.2 Å². The number of carbonyl (C=O) groups excluding carboxylic acids is 1. The van der Waals surface area contributed by atoms with Crippen molar-refractivity contribution in [3.05, 3.63) is 54.6 Å². The molecule has 7 nitrogen and oxygen atoms in total. The van der Waals surface area contributed by atoms with Gasteiger partial charge in [-0.2, -0.15) is 0 Å². The normalized spacial score (nSPS) is 29.6. The first kappa shape index (κ1) is 21.3. The molecule has 1 spiro atoms. The molecule has 2 saturated carbocycles. The number of nitrogens with zero attached hydrogens (tertiary/aromatic N) is 5. The first-order valence-corrected chi connectivity index (χ1v) is 11.7. The van der Waals surface area contributed by atoms with Crippen LogP contribution in [0.5, 0.6) is 0 Å². The van der Waals surface area contributed by atoms with Crippen LogP contribution in [0, 0.1) is 0 Å². The fourth-order valence-electron chi connectivity index (χ4n) is 6.00. The molecule has 1 aliphatic heterocycles. The monoisotopic (exact) mass is 435 g/mol. The Kier molecular flexibility index (Phi) is 5.21. The third kappa shape index (κ3) is 3.39. The van der Waals surface area contributed by atoms with E-state index in [0.717, 1.165) is 50.6 Å². The molecule has 1 aromatic carbocycles. The summed E-state index contributed by atoms with van der Waals surface area (Å²) < 4.78 is 0. The van der Waals surface area contributed by atoms with E-state index in [9.17, 15) is 9.90 Å². The maximum atomic E-state index is 13.6. The number of benzene rings is 1. The van der Waals surface area contributed by atoms with Gasteiger partial charge in [0.05, 0.1) is 42.3 Å². The van der Waals surface area contributed by atoms with Crippen LogP contribution in [0.15, 0.2) is 49.1 Å². The number of amides is 2. The minimum Gasteiger partial charge on any atom is -0.388 e. The molecule has 1 aromatic heterocycles. The molecule has 1 N–H and O–H groups in total. The van der Waals surface area contributed by atoms with Gasteiger partial charge in [0.2, 0.25) is 0 Å². The van der Waals surface area contributed by atoms with Gasteiger partial charge in [0.15, 0.2) is 0 Å². The molecule has 7 heteroatoms. The molecule has 3 fully saturated rings. The number of carbonyl (C=O) groups is 1. The van der Waals surface area contributed by atoms with Gasteiger partial charge in [0.25, 0.3) is 0 Å². The molecule has 1 saturated heterocycles. The van der Waals surface area contributed by atoms with E-state index in [2.05, 4.69) is 59.3 Å². The number of hydrogen-bond acceptors (Lipinski definition) is 5. The average molecular weight is 436 g/mol. The Bertz CT molecular complexity index is 953. The molecule has 32 heavy (non-hydrogen) atoms. The van der Waals surface area contributed by atoms with Crippen molar-refractivity contribution in [2.45, 2.75) is 61.6 Å². The molecule has 0 atom stereocenters. The molecule has 3 aliphatic rings. The highest BCUT2D eigenvalue weighted by molar-refractivity contribution is 5.95. The second-order valence-electron chi connectivity index (χ2n) is 10.1. The minimum atomic E-state index is -0.749. The van der Waals surface area contributed by atoms with Crippen LogP contribution in [0.25, 0.3) is 0 Å². The van der Waals surface area contributed by atoms with Gasteiger partial charge in [0.1, 0.15) is 6.33 Å². The predicted octanol–water partition coefficient (Wildman–Crippen LogP) is 3.40. The summed E-state index contributed by atoms with van der Waals surface area (Å²) in [5.41, 5.74) is 0.986. The van der Waals surface area contributed by atoms with Crippen LogP contribution < -0.4 is 4.90 Å². The number of anilines is 1. The Hall–Kier alpha value is -2.51. The van der Waals surface area contributed by atoms with Gasteiger partial charge in [0, 0.05) is 5.54 Å². The minimum absolute atomic E-state index is 0.0304. The lowest BCUT2D eigenvalue weighted by molar-refractivity contribution is -0.0725. The molecule has 2 amide bonds. The Labute approximate surface area is 190 Å². The number of β-amino-alcohol motifs (C(OH)–C–C–N with tert-alkyl or cyclic N) is 1. The third-order valence-electron chi connectivity index (χ3n) is 8.26. The van der Waals surface area contributed by atoms with Crippen molar-refractivity contribution in [1.82, 2.24) is 19.8 Å². The van der Waals surface area contributed by atoms with E-state index in [4.69, 9.17) is 0 Å². The van der Waals surface area contributed by atoms with Crippen molar-refractivity contribution >= 4 is 11.7 Å². The van der Waals surface area contributed by atoms with Crippen molar-refractivity contribution in [3.8, 4) is 0 Å². The molecule has 5 rings (SSSR count). The first-order valence-electron chi connectivity index (χ1n) is 11.7. The van der Waals surface area contributed by atoms with E-state index >= 15 is 0 Å². The Morgan fingerprint density at radius 3 is 2.22 bits per heavy atom. The third-order valence-corrected chi connectivity index (χ3v) is 8.26. The number of aliphatic hydroxyl groups is 1. The van der Waals surface area contributed by atoms with E-state index < -0.39 is 5.60 Å². The van der Waals surface area contributed by atoms with Crippen LogP contribution in [0.2, 0.25) is 0 Å². The molecular weight excluding hydrogens is 402 g/mol. The lowest BCUT2D eigenvalue weighted by atomic mass is 9.67. The topological polar surface area (TPSA) is 72.8 Å². The van der Waals surface area contributed by atoms with Gasteiger partial charge in [-0.15, -0.1) is 0 Å². The largest absolute Gasteiger partial charge is 0.388 e. The van der Waals surface area contributed by atoms with Gasteiger partial charge in [-0.25, -0.2) is 14.8 Å². The highest BCUT2D eigenvalue weighted by Crippen LogP contribution is 2.50. The molecule has 0 radical (unpaired) electrons. The maximum Gasteiger partial charge on any atom is 0.325 e. The second-order valence-corrected chi connectivity index (χ2v) is 10.1. The van der Waals surface area contributed by atoms with Crippen LogP contribution in [-0.2, 0) is 5.54 Å². The molecule has 2 aliphatic carbocycles. The molecule has 0 unspecified atom stereocenters. The van der Waals surface area contributed by atoms with Crippen LogP contribution in [0.3, 0.4) is 0 Å². The molecule has 170 valence electrons. The summed E-state index contributed by atoms with van der Waals surface area (Å²) >= 11 is 0. The SMILES string of the molecule is CN(C)C1(c2ccccc2)CCC2(CC1)CN(c1cncnc1)C(=O)N2CC1(O)CCC1. The Balaban J connectivity index is 1.46. The van der Waals surface area contributed by atoms with Crippen LogP contribution in [0.4, 0.5) is 10.5 Å². The predicted molar refractivity (Wildman–Crippen MR) is 123 cm³/mol. The van der Waals surface area contributed by atoms with E-state index in [1.165, 1.54) is 11.9 Å². The second kappa shape index (κ2) is 7.81. The summed E-state index contributed by atoms with van der Waals surface area (Å²) in [5.74, 6) is 0. The summed E-state index contributed by atoms with van der Waals surface area (Å²) in [6.07, 6.45) is 11.2. The van der Waals surface area contributed by atoms with E-state index in [1.807, 2.05) is 9.80 Å². The van der Waals surface area contributed by atoms with Crippen molar-refractivity contribution < 1.29 is 9.90 Å². The van der Waals surface area contributed by atoms with Crippen molar-refractivity contribution in [1.29, 1.82) is 0 Å². The van der Waals surface area contributed by atoms with Crippen molar-refractivity contribution in [2.75, 3.05) is 32.1 Å². The molecule has 2 aromatic rings. The summed E-state index contributed by atoms with van der Waals surface area (Å²) in [7, 11) is 4.32. The van der Waals surface area contributed by atoms with E-state index in [-0.39, 0.29) is 17.1 Å². The average Bonchev–Trinajstić information content (AvgIpc) is 3.06. The lowest BCUT2D eigenvalue weighted by Crippen LogP contribution is -2.59. The zero-order valence-corrected chi connectivity index (χ0v) is 19.1. The highest BCUT2D eigenvalue weighted by atomic mass is 16.3. The van der Waals surface area contributed by atoms with Gasteiger partial charge < -0.3 is 10.0 Å². The zero-order valence-electron chi connectivity index (χ0n) is 19.1. The van der Waals surface area contributed by atoms with Gasteiger partial charge in [-0.05, 0) is 64.6 Å². The highest BCUT2D eigenvalue weighted by Gasteiger charge is 2.56. The fraction of sp³-hybridized carbons (Fsp3) is 0.560. The van der Waals surface area contributed by atoms with Gasteiger partial charge in [-0.1, -0.05) is 30.3 Å². The van der Waals surface area contributed by atoms with Crippen LogP contribution in [0.1, 0.15) is 50.5 Å².